The molecule has 1 aliphatic rings. The van der Waals surface area contributed by atoms with E-state index in [1.807, 2.05) is 0 Å². The van der Waals surface area contributed by atoms with Crippen LogP contribution in [0.1, 0.15) is 25.3 Å². The Bertz CT molecular complexity index is 574. The highest BCUT2D eigenvalue weighted by Gasteiger charge is 2.24. The van der Waals surface area contributed by atoms with E-state index < -0.39 is 17.7 Å². The fourth-order valence-corrected chi connectivity index (χ4v) is 2.52. The first-order valence-corrected chi connectivity index (χ1v) is 7.15. The summed E-state index contributed by atoms with van der Waals surface area (Å²) < 4.78 is 27.7. The first kappa shape index (κ1) is 15.6. The third kappa shape index (κ3) is 3.29. The Morgan fingerprint density at radius 1 is 1.33 bits per heavy atom. The van der Waals surface area contributed by atoms with Gasteiger partial charge in [0.15, 0.2) is 11.6 Å². The number of nitrogens with two attached hydrogens (primary N) is 1. The van der Waals surface area contributed by atoms with Gasteiger partial charge in [0.1, 0.15) is 11.0 Å². The van der Waals surface area contributed by atoms with Crippen molar-refractivity contribution in [3.05, 3.63) is 29.3 Å². The molecule has 0 radical (unpaired) electrons. The number of hydrogen-bond acceptors (Lipinski definition) is 3. The molecule has 1 aromatic carbocycles. The van der Waals surface area contributed by atoms with Crippen LogP contribution in [0.4, 0.5) is 14.5 Å². The summed E-state index contributed by atoms with van der Waals surface area (Å²) in [6, 6.07) is 2.00. The molecule has 114 valence electrons. The lowest BCUT2D eigenvalue weighted by Gasteiger charge is -2.22. The minimum Gasteiger partial charge on any atom is -0.389 e. The Balaban J connectivity index is 2.14. The summed E-state index contributed by atoms with van der Waals surface area (Å²) >= 11 is 4.64. The molecule has 1 fully saturated rings. The number of carbonyl (C=O) groups excluding carboxylic acids is 1. The average molecular weight is 313 g/mol. The third-order valence-corrected chi connectivity index (χ3v) is 3.73. The second-order valence-electron chi connectivity index (χ2n) is 5.05. The van der Waals surface area contributed by atoms with Crippen LogP contribution in [0, 0.1) is 11.6 Å². The lowest BCUT2D eigenvalue weighted by molar-refractivity contribution is -0.130. The molecule has 2 rings (SSSR count). The number of anilines is 1. The van der Waals surface area contributed by atoms with Crippen molar-refractivity contribution in [3.8, 4) is 0 Å². The molecule has 0 bridgehead atoms. The number of benzene rings is 1. The Morgan fingerprint density at radius 2 is 1.95 bits per heavy atom. The topological polar surface area (TPSA) is 58.4 Å². The molecule has 1 heterocycles. The summed E-state index contributed by atoms with van der Waals surface area (Å²) in [7, 11) is 0. The molecule has 1 aliphatic heterocycles. The van der Waals surface area contributed by atoms with Crippen LogP contribution in [0.15, 0.2) is 12.1 Å². The summed E-state index contributed by atoms with van der Waals surface area (Å²) in [6.07, 6.45) is 1.95. The zero-order chi connectivity index (χ0) is 15.6. The van der Waals surface area contributed by atoms with Crippen molar-refractivity contribution in [2.75, 3.05) is 18.4 Å². The van der Waals surface area contributed by atoms with Crippen LogP contribution in [-0.2, 0) is 4.79 Å². The van der Waals surface area contributed by atoms with Crippen molar-refractivity contribution in [2.45, 2.75) is 25.8 Å². The van der Waals surface area contributed by atoms with Crippen LogP contribution < -0.4 is 11.1 Å². The Kier molecular flexibility index (Phi) is 4.72. The van der Waals surface area contributed by atoms with Gasteiger partial charge in [-0.05, 0) is 31.9 Å². The molecule has 0 saturated carbocycles. The Hall–Kier alpha value is -1.76. The van der Waals surface area contributed by atoms with Gasteiger partial charge < -0.3 is 16.0 Å². The van der Waals surface area contributed by atoms with Crippen molar-refractivity contribution >= 4 is 28.8 Å². The van der Waals surface area contributed by atoms with Crippen molar-refractivity contribution in [3.63, 3.8) is 0 Å². The van der Waals surface area contributed by atoms with Gasteiger partial charge >= 0.3 is 0 Å². The number of carbonyl (C=O) groups is 1. The van der Waals surface area contributed by atoms with Crippen LogP contribution in [-0.4, -0.2) is 34.9 Å². The lowest BCUT2D eigenvalue weighted by Crippen LogP contribution is -2.39. The van der Waals surface area contributed by atoms with Gasteiger partial charge in [-0.25, -0.2) is 8.78 Å². The number of likely N-dealkylation sites (tertiary alicyclic amines) is 1. The number of amides is 1. The zero-order valence-electron chi connectivity index (χ0n) is 11.7. The maximum Gasteiger partial charge on any atom is 0.244 e. The smallest absolute Gasteiger partial charge is 0.244 e. The fraction of sp³-hybridized carbons (Fsp3) is 0.429. The van der Waals surface area contributed by atoms with Gasteiger partial charge in [0.25, 0.3) is 0 Å². The normalized spacial score (nSPS) is 15.9. The van der Waals surface area contributed by atoms with Gasteiger partial charge in [-0.3, -0.25) is 4.79 Å². The van der Waals surface area contributed by atoms with Gasteiger partial charge in [0.2, 0.25) is 5.91 Å². The SMILES string of the molecule is CC(Nc1ccc(C(N)=S)c(F)c1F)C(=O)N1CCCC1. The summed E-state index contributed by atoms with van der Waals surface area (Å²) in [4.78, 5) is 13.6. The molecule has 7 heteroatoms. The van der Waals surface area contributed by atoms with E-state index in [0.29, 0.717) is 13.1 Å². The van der Waals surface area contributed by atoms with Gasteiger partial charge in [0, 0.05) is 18.7 Å². The predicted molar refractivity (Wildman–Crippen MR) is 81.1 cm³/mol. The average Bonchev–Trinajstić information content (AvgIpc) is 2.96. The Morgan fingerprint density at radius 3 is 2.52 bits per heavy atom. The standard InChI is InChI=1S/C14H17F2N3OS/c1-8(14(20)19-6-2-3-7-19)18-10-5-4-9(13(17)21)11(15)12(10)16/h4-5,8,18H,2-3,6-7H2,1H3,(H2,17,21). The summed E-state index contributed by atoms with van der Waals surface area (Å²) in [5, 5.41) is 2.70. The first-order valence-electron chi connectivity index (χ1n) is 6.75. The second-order valence-corrected chi connectivity index (χ2v) is 5.49. The molecule has 1 unspecified atom stereocenters. The third-order valence-electron chi connectivity index (χ3n) is 3.51. The number of halogens is 2. The largest absolute Gasteiger partial charge is 0.389 e. The van der Waals surface area contributed by atoms with E-state index in [4.69, 9.17) is 5.73 Å². The molecule has 1 aromatic rings. The van der Waals surface area contributed by atoms with Crippen molar-refractivity contribution in [1.82, 2.24) is 4.90 Å². The number of nitrogens with one attached hydrogen (secondary N) is 1. The molecule has 0 aromatic heterocycles. The van der Waals surface area contributed by atoms with E-state index in [0.717, 1.165) is 12.8 Å². The monoisotopic (exact) mass is 313 g/mol. The number of hydrogen-bond donors (Lipinski definition) is 2. The van der Waals surface area contributed by atoms with Crippen LogP contribution in [0.3, 0.4) is 0 Å². The molecular weight excluding hydrogens is 296 g/mol. The first-order chi connectivity index (χ1) is 9.91. The quantitative estimate of drug-likeness (QED) is 0.835. The zero-order valence-corrected chi connectivity index (χ0v) is 12.5. The molecule has 1 amide bonds. The maximum atomic E-state index is 13.9. The van der Waals surface area contributed by atoms with E-state index in [9.17, 15) is 13.6 Å². The molecule has 3 N–H and O–H groups in total. The summed E-state index contributed by atoms with van der Waals surface area (Å²) in [5.41, 5.74) is 5.09. The molecular formula is C14H17F2N3OS. The number of nitrogens with zero attached hydrogens (tertiary/aromatic N) is 1. The van der Waals surface area contributed by atoms with Crippen LogP contribution in [0.5, 0.6) is 0 Å². The van der Waals surface area contributed by atoms with Crippen LogP contribution in [0.25, 0.3) is 0 Å². The molecule has 21 heavy (non-hydrogen) atoms. The van der Waals surface area contributed by atoms with Crippen LogP contribution >= 0.6 is 12.2 Å². The maximum absolute atomic E-state index is 13.9. The van der Waals surface area contributed by atoms with Gasteiger partial charge in [-0.2, -0.15) is 0 Å². The molecule has 1 saturated heterocycles. The van der Waals surface area contributed by atoms with Gasteiger partial charge in [-0.1, -0.05) is 12.2 Å². The molecule has 0 aliphatic carbocycles. The highest BCUT2D eigenvalue weighted by molar-refractivity contribution is 7.80. The van der Waals surface area contributed by atoms with Crippen molar-refractivity contribution < 1.29 is 13.6 Å². The molecule has 1 atom stereocenters. The van der Waals surface area contributed by atoms with E-state index in [-0.39, 0.29) is 22.1 Å². The summed E-state index contributed by atoms with van der Waals surface area (Å²) in [5.74, 6) is -2.31. The van der Waals surface area contributed by atoms with Gasteiger partial charge in [0.05, 0.1) is 5.69 Å². The summed E-state index contributed by atoms with van der Waals surface area (Å²) in [6.45, 7) is 3.05. The van der Waals surface area contributed by atoms with E-state index in [2.05, 4.69) is 17.5 Å². The Labute approximate surface area is 127 Å². The van der Waals surface area contributed by atoms with Gasteiger partial charge in [-0.15, -0.1) is 0 Å². The fourth-order valence-electron chi connectivity index (χ4n) is 2.36. The van der Waals surface area contributed by atoms with Crippen molar-refractivity contribution in [2.24, 2.45) is 5.73 Å². The highest BCUT2D eigenvalue weighted by Crippen LogP contribution is 2.22. The number of thiocarbonyl (C=S) groups is 1. The minimum absolute atomic E-state index is 0.0763. The minimum atomic E-state index is -1.10. The van der Waals surface area contributed by atoms with E-state index in [1.165, 1.54) is 12.1 Å². The second kappa shape index (κ2) is 6.34. The predicted octanol–water partition coefficient (Wildman–Crippen LogP) is 2.02. The molecule has 4 nitrogen and oxygen atoms in total. The van der Waals surface area contributed by atoms with E-state index in [1.54, 1.807) is 11.8 Å². The lowest BCUT2D eigenvalue weighted by atomic mass is 10.1. The number of rotatable bonds is 4. The molecule has 0 spiro atoms. The van der Waals surface area contributed by atoms with E-state index >= 15 is 0 Å². The highest BCUT2D eigenvalue weighted by atomic mass is 32.1. The van der Waals surface area contributed by atoms with Crippen molar-refractivity contribution in [1.29, 1.82) is 0 Å². The van der Waals surface area contributed by atoms with Crippen LogP contribution in [0.2, 0.25) is 0 Å².